The van der Waals surface area contributed by atoms with E-state index in [4.69, 9.17) is 5.73 Å². The highest BCUT2D eigenvalue weighted by Crippen LogP contribution is 2.31. The van der Waals surface area contributed by atoms with E-state index in [2.05, 4.69) is 0 Å². The van der Waals surface area contributed by atoms with Crippen LogP contribution in [0.2, 0.25) is 0 Å². The number of carbonyl (C=O) groups is 3. The monoisotopic (exact) mass is 437 g/mol. The molecular formula is C26H35N3O3. The lowest BCUT2D eigenvalue weighted by Crippen LogP contribution is -2.64. The standard InChI is InChI=1S/C26H35N3O3/c1-18(19-14-10-8-11-15-19)28(23(31)20-16-12-9-13-17-20)21(22(27)30)24(32)29(25(2,3)4)26(5,6)7/h8-18,21H,1-7H3,(H2,27,30). The largest absolute Gasteiger partial charge is 0.367 e. The predicted octanol–water partition coefficient (Wildman–Crippen LogP) is 4.17. The van der Waals surface area contributed by atoms with Crippen LogP contribution < -0.4 is 5.73 Å². The van der Waals surface area contributed by atoms with Gasteiger partial charge in [-0.15, -0.1) is 0 Å². The maximum absolute atomic E-state index is 13.9. The van der Waals surface area contributed by atoms with Crippen LogP contribution in [0.3, 0.4) is 0 Å². The van der Waals surface area contributed by atoms with Crippen molar-refractivity contribution in [3.05, 3.63) is 71.8 Å². The Morgan fingerprint density at radius 3 is 1.62 bits per heavy atom. The Kier molecular flexibility index (Phi) is 7.50. The zero-order chi connectivity index (χ0) is 24.3. The lowest BCUT2D eigenvalue weighted by atomic mass is 9.93. The van der Waals surface area contributed by atoms with E-state index in [1.54, 1.807) is 42.2 Å². The van der Waals surface area contributed by atoms with Crippen LogP contribution in [0.1, 0.15) is 70.4 Å². The summed E-state index contributed by atoms with van der Waals surface area (Å²) in [6.07, 6.45) is 0. The molecule has 2 rings (SSSR count). The van der Waals surface area contributed by atoms with Crippen molar-refractivity contribution >= 4 is 17.7 Å². The molecule has 2 aromatic rings. The van der Waals surface area contributed by atoms with Gasteiger partial charge in [-0.05, 0) is 66.2 Å². The summed E-state index contributed by atoms with van der Waals surface area (Å²) in [5.41, 5.74) is 5.80. The maximum atomic E-state index is 13.9. The van der Waals surface area contributed by atoms with Gasteiger partial charge in [0.15, 0.2) is 6.04 Å². The third-order valence-corrected chi connectivity index (χ3v) is 5.30. The molecule has 0 aliphatic heterocycles. The second-order valence-electron chi connectivity index (χ2n) is 9.99. The van der Waals surface area contributed by atoms with Crippen LogP contribution in [0.4, 0.5) is 0 Å². The highest BCUT2D eigenvalue weighted by atomic mass is 16.2. The minimum atomic E-state index is -1.46. The molecule has 32 heavy (non-hydrogen) atoms. The van der Waals surface area contributed by atoms with Gasteiger partial charge in [0.05, 0.1) is 6.04 Å². The van der Waals surface area contributed by atoms with Crippen LogP contribution in [0.5, 0.6) is 0 Å². The fourth-order valence-electron chi connectivity index (χ4n) is 4.31. The van der Waals surface area contributed by atoms with E-state index in [0.29, 0.717) is 5.56 Å². The fourth-order valence-corrected chi connectivity index (χ4v) is 4.31. The van der Waals surface area contributed by atoms with Gasteiger partial charge in [0.1, 0.15) is 0 Å². The Labute approximate surface area is 191 Å². The third kappa shape index (κ3) is 5.55. The zero-order valence-corrected chi connectivity index (χ0v) is 20.1. The molecule has 0 aliphatic rings. The molecule has 0 aliphatic carbocycles. The number of benzene rings is 2. The predicted molar refractivity (Wildman–Crippen MR) is 127 cm³/mol. The molecule has 0 bridgehead atoms. The molecular weight excluding hydrogens is 402 g/mol. The van der Waals surface area contributed by atoms with Crippen molar-refractivity contribution in [2.24, 2.45) is 5.73 Å². The summed E-state index contributed by atoms with van der Waals surface area (Å²) in [4.78, 5) is 43.4. The molecule has 2 aromatic carbocycles. The van der Waals surface area contributed by atoms with E-state index in [1.165, 1.54) is 4.90 Å². The lowest BCUT2D eigenvalue weighted by molar-refractivity contribution is -0.152. The van der Waals surface area contributed by atoms with Crippen LogP contribution in [-0.2, 0) is 9.59 Å². The number of amides is 3. The van der Waals surface area contributed by atoms with Crippen molar-refractivity contribution in [3.63, 3.8) is 0 Å². The SMILES string of the molecule is CC(c1ccccc1)N(C(=O)c1ccccc1)C(C(N)=O)C(=O)N(C(C)(C)C)C(C)(C)C. The summed E-state index contributed by atoms with van der Waals surface area (Å²) >= 11 is 0. The van der Waals surface area contributed by atoms with E-state index < -0.39 is 40.9 Å². The Morgan fingerprint density at radius 1 is 0.781 bits per heavy atom. The topological polar surface area (TPSA) is 83.7 Å². The van der Waals surface area contributed by atoms with Gasteiger partial charge in [0, 0.05) is 16.6 Å². The van der Waals surface area contributed by atoms with Gasteiger partial charge in [-0.2, -0.15) is 0 Å². The van der Waals surface area contributed by atoms with Crippen molar-refractivity contribution in [1.82, 2.24) is 9.80 Å². The van der Waals surface area contributed by atoms with Crippen LogP contribution in [0.25, 0.3) is 0 Å². The van der Waals surface area contributed by atoms with E-state index in [0.717, 1.165) is 5.56 Å². The van der Waals surface area contributed by atoms with Gasteiger partial charge in [0.2, 0.25) is 5.91 Å². The first-order valence-electron chi connectivity index (χ1n) is 10.8. The molecule has 0 fully saturated rings. The van der Waals surface area contributed by atoms with E-state index >= 15 is 0 Å². The van der Waals surface area contributed by atoms with E-state index in [9.17, 15) is 14.4 Å². The Hall–Kier alpha value is -3.15. The quantitative estimate of drug-likeness (QED) is 0.689. The first kappa shape index (κ1) is 25.1. The second kappa shape index (κ2) is 9.55. The summed E-state index contributed by atoms with van der Waals surface area (Å²) in [7, 11) is 0. The first-order valence-corrected chi connectivity index (χ1v) is 10.8. The van der Waals surface area contributed by atoms with Crippen molar-refractivity contribution in [2.45, 2.75) is 71.6 Å². The summed E-state index contributed by atoms with van der Waals surface area (Å²) in [6.45, 7) is 13.2. The third-order valence-electron chi connectivity index (χ3n) is 5.30. The zero-order valence-electron chi connectivity index (χ0n) is 20.1. The number of carbonyl (C=O) groups excluding carboxylic acids is 3. The van der Waals surface area contributed by atoms with Crippen molar-refractivity contribution in [2.75, 3.05) is 0 Å². The number of rotatable bonds is 6. The molecule has 2 N–H and O–H groups in total. The number of nitrogens with two attached hydrogens (primary N) is 1. The average molecular weight is 438 g/mol. The smallest absolute Gasteiger partial charge is 0.256 e. The summed E-state index contributed by atoms with van der Waals surface area (Å²) in [6, 6.07) is 15.9. The summed E-state index contributed by atoms with van der Waals surface area (Å²) in [5.74, 6) is -1.79. The van der Waals surface area contributed by atoms with Crippen LogP contribution >= 0.6 is 0 Å². The molecule has 6 nitrogen and oxygen atoms in total. The maximum Gasteiger partial charge on any atom is 0.256 e. The Balaban J connectivity index is 2.68. The number of primary amides is 1. The van der Waals surface area contributed by atoms with Crippen LogP contribution in [-0.4, -0.2) is 44.6 Å². The minimum Gasteiger partial charge on any atom is -0.367 e. The molecule has 172 valence electrons. The van der Waals surface area contributed by atoms with Gasteiger partial charge in [-0.3, -0.25) is 14.4 Å². The number of nitrogens with zero attached hydrogens (tertiary/aromatic N) is 2. The molecule has 2 atom stereocenters. The van der Waals surface area contributed by atoms with Crippen molar-refractivity contribution < 1.29 is 14.4 Å². The number of hydrogen-bond acceptors (Lipinski definition) is 3. The van der Waals surface area contributed by atoms with Gasteiger partial charge in [-0.1, -0.05) is 48.5 Å². The molecule has 0 aromatic heterocycles. The van der Waals surface area contributed by atoms with Crippen LogP contribution in [0, 0.1) is 0 Å². The molecule has 2 unspecified atom stereocenters. The van der Waals surface area contributed by atoms with Crippen molar-refractivity contribution in [3.8, 4) is 0 Å². The molecule has 0 radical (unpaired) electrons. The van der Waals surface area contributed by atoms with Crippen LogP contribution in [0.15, 0.2) is 60.7 Å². The van der Waals surface area contributed by atoms with Gasteiger partial charge >= 0.3 is 0 Å². The van der Waals surface area contributed by atoms with Gasteiger partial charge in [-0.25, -0.2) is 0 Å². The Bertz CT molecular complexity index is 930. The molecule has 3 amide bonds. The highest BCUT2D eigenvalue weighted by Gasteiger charge is 2.46. The second-order valence-corrected chi connectivity index (χ2v) is 9.99. The van der Waals surface area contributed by atoms with Crippen molar-refractivity contribution in [1.29, 1.82) is 0 Å². The first-order chi connectivity index (χ1) is 14.8. The summed E-state index contributed by atoms with van der Waals surface area (Å²) < 4.78 is 0. The lowest BCUT2D eigenvalue weighted by Gasteiger charge is -2.48. The highest BCUT2D eigenvalue weighted by molar-refractivity contribution is 6.09. The Morgan fingerprint density at radius 2 is 1.22 bits per heavy atom. The molecule has 0 saturated carbocycles. The molecule has 0 saturated heterocycles. The van der Waals surface area contributed by atoms with Gasteiger partial charge < -0.3 is 15.5 Å². The molecule has 0 heterocycles. The normalized spacial score (nSPS) is 13.7. The fraction of sp³-hybridized carbons (Fsp3) is 0.423. The van der Waals surface area contributed by atoms with E-state index in [-0.39, 0.29) is 0 Å². The van der Waals surface area contributed by atoms with Gasteiger partial charge in [0.25, 0.3) is 11.8 Å². The summed E-state index contributed by atoms with van der Waals surface area (Å²) in [5, 5.41) is 0. The average Bonchev–Trinajstić information content (AvgIpc) is 2.69. The number of hydrogen-bond donors (Lipinski definition) is 1. The van der Waals surface area contributed by atoms with E-state index in [1.807, 2.05) is 71.9 Å². The molecule has 0 spiro atoms. The minimum absolute atomic E-state index is 0.382. The molecule has 6 heteroatoms.